The van der Waals surface area contributed by atoms with Crippen LogP contribution in [0.25, 0.3) is 0 Å². The van der Waals surface area contributed by atoms with Crippen LogP contribution in [0.1, 0.15) is 24.5 Å². The Kier molecular flexibility index (Phi) is 11.7. The highest BCUT2D eigenvalue weighted by molar-refractivity contribution is 6.30. The van der Waals surface area contributed by atoms with Gasteiger partial charge in [0.2, 0.25) is 0 Å². The molecule has 0 amide bonds. The summed E-state index contributed by atoms with van der Waals surface area (Å²) in [6.45, 7) is 4.41. The fourth-order valence-corrected chi connectivity index (χ4v) is 3.91. The normalized spacial score (nSPS) is 12.5. The minimum Gasteiger partial charge on any atom is -0.478 e. The molecule has 0 aromatic heterocycles. The zero-order chi connectivity index (χ0) is 25.6. The Morgan fingerprint density at radius 3 is 2.51 bits per heavy atom. The van der Waals surface area contributed by atoms with Gasteiger partial charge < -0.3 is 19.6 Å². The van der Waals surface area contributed by atoms with Gasteiger partial charge in [-0.2, -0.15) is 0 Å². The lowest BCUT2D eigenvalue weighted by molar-refractivity contribution is -0.131. The zero-order valence-electron chi connectivity index (χ0n) is 20.0. The molecule has 3 rings (SSSR count). The highest BCUT2D eigenvalue weighted by Crippen LogP contribution is 2.37. The molecule has 35 heavy (non-hydrogen) atoms. The van der Waals surface area contributed by atoms with E-state index in [9.17, 15) is 14.4 Å². The summed E-state index contributed by atoms with van der Waals surface area (Å²) in [6.07, 6.45) is 8.19. The number of fused-ring (bicyclic) bond motifs is 2. The molecule has 8 heteroatoms. The van der Waals surface area contributed by atoms with Crippen molar-refractivity contribution in [1.29, 1.82) is 0 Å². The number of para-hydroxylation sites is 1. The molecule has 0 saturated heterocycles. The first-order chi connectivity index (χ1) is 16.8. The van der Waals surface area contributed by atoms with Crippen LogP contribution < -0.4 is 4.90 Å². The molecular weight excluding hydrogens is 468 g/mol. The van der Waals surface area contributed by atoms with Crippen LogP contribution in [0.2, 0.25) is 5.02 Å². The fourth-order valence-electron chi connectivity index (χ4n) is 3.74. The molecule has 0 bridgehead atoms. The number of aryl methyl sites for hydroxylation is 2. The summed E-state index contributed by atoms with van der Waals surface area (Å²) in [5.74, 6) is -1.05. The van der Waals surface area contributed by atoms with Gasteiger partial charge >= 0.3 is 5.97 Å². The van der Waals surface area contributed by atoms with Crippen molar-refractivity contribution in [2.75, 3.05) is 31.6 Å². The van der Waals surface area contributed by atoms with E-state index in [0.29, 0.717) is 6.08 Å². The van der Waals surface area contributed by atoms with E-state index in [1.807, 2.05) is 12.1 Å². The molecule has 0 atom stereocenters. The van der Waals surface area contributed by atoms with E-state index in [0.717, 1.165) is 50.2 Å². The number of anilines is 2. The first-order valence-electron chi connectivity index (χ1n) is 11.3. The summed E-state index contributed by atoms with van der Waals surface area (Å²) in [5, 5.41) is 8.64. The molecule has 0 radical (unpaired) electrons. The number of carboxylic acid groups (broad SMARTS) is 1. The third kappa shape index (κ3) is 9.76. The number of carbonyl (C=O) groups excluding carboxylic acids is 2. The number of allylic oxidation sites excluding steroid dienone is 1. The van der Waals surface area contributed by atoms with Gasteiger partial charge in [0.1, 0.15) is 6.26 Å². The fraction of sp³-hybridized carbons (Fsp3) is 0.296. The molecule has 0 fully saturated rings. The van der Waals surface area contributed by atoms with Crippen LogP contribution in [0.4, 0.5) is 11.4 Å². The Morgan fingerprint density at radius 2 is 1.83 bits per heavy atom. The Balaban J connectivity index is 0.000000466. The van der Waals surface area contributed by atoms with Crippen molar-refractivity contribution in [2.24, 2.45) is 0 Å². The van der Waals surface area contributed by atoms with Crippen LogP contribution >= 0.6 is 11.6 Å². The van der Waals surface area contributed by atoms with E-state index in [1.165, 1.54) is 22.5 Å². The van der Waals surface area contributed by atoms with Crippen molar-refractivity contribution in [3.63, 3.8) is 0 Å². The standard InChI is InChI=1S/C23H27ClN2O.C4H4O4/c1-18(27)7-5-14-25(2)15-6-16-26-22-9-4-3-8-19(22)10-11-20-12-13-21(24)17-23(20)26;5-3-8-2-1-4(6)7/h3-5,7-9,12-13,17H,6,10-11,14-16H2,1-2H3;1-3H,(H,6,7)/b7-5+;2-1-. The van der Waals surface area contributed by atoms with Gasteiger partial charge in [0.05, 0.1) is 6.08 Å². The average Bonchev–Trinajstić information content (AvgIpc) is 2.96. The third-order valence-corrected chi connectivity index (χ3v) is 5.56. The van der Waals surface area contributed by atoms with Crippen LogP contribution in [0.15, 0.2) is 67.0 Å². The van der Waals surface area contributed by atoms with E-state index < -0.39 is 5.97 Å². The zero-order valence-corrected chi connectivity index (χ0v) is 20.8. The minimum atomic E-state index is -1.15. The predicted octanol–water partition coefficient (Wildman–Crippen LogP) is 4.80. The Hall–Kier alpha value is -3.42. The summed E-state index contributed by atoms with van der Waals surface area (Å²) >= 11 is 6.32. The number of carboxylic acids is 1. The van der Waals surface area contributed by atoms with Crippen molar-refractivity contribution in [3.05, 3.63) is 83.1 Å². The number of ether oxygens (including phenoxy) is 1. The molecule has 2 aromatic rings. The molecule has 1 N–H and O–H groups in total. The Morgan fingerprint density at radius 1 is 1.11 bits per heavy atom. The Labute approximate surface area is 211 Å². The maximum absolute atomic E-state index is 11.0. The van der Waals surface area contributed by atoms with Gasteiger partial charge in [-0.3, -0.25) is 9.59 Å². The summed E-state index contributed by atoms with van der Waals surface area (Å²) < 4.78 is 3.90. The van der Waals surface area contributed by atoms with E-state index in [2.05, 4.69) is 58.0 Å². The molecule has 1 aliphatic heterocycles. The molecular formula is C27H31ClN2O5. The molecule has 0 aliphatic carbocycles. The second-order valence-corrected chi connectivity index (χ2v) is 8.49. The monoisotopic (exact) mass is 498 g/mol. The van der Waals surface area contributed by atoms with Gasteiger partial charge in [-0.1, -0.05) is 41.9 Å². The molecule has 1 heterocycles. The van der Waals surface area contributed by atoms with Gasteiger partial charge in [0.25, 0.3) is 6.47 Å². The molecule has 0 spiro atoms. The van der Waals surface area contributed by atoms with E-state index in [-0.39, 0.29) is 12.3 Å². The van der Waals surface area contributed by atoms with Crippen molar-refractivity contribution >= 4 is 41.2 Å². The summed E-state index contributed by atoms with van der Waals surface area (Å²) in [6, 6.07) is 14.9. The summed E-state index contributed by atoms with van der Waals surface area (Å²) in [7, 11) is 2.09. The number of halogens is 1. The maximum atomic E-state index is 11.0. The Bertz CT molecular complexity index is 1070. The number of carbonyl (C=O) groups is 3. The van der Waals surface area contributed by atoms with Crippen molar-refractivity contribution in [2.45, 2.75) is 26.2 Å². The second-order valence-electron chi connectivity index (χ2n) is 8.06. The maximum Gasteiger partial charge on any atom is 0.331 e. The molecule has 1 aliphatic rings. The van der Waals surface area contributed by atoms with E-state index in [4.69, 9.17) is 16.7 Å². The first-order valence-corrected chi connectivity index (χ1v) is 11.7. The lowest BCUT2D eigenvalue weighted by atomic mass is 10.0. The minimum absolute atomic E-state index is 0.0954. The number of ketones is 1. The van der Waals surface area contributed by atoms with Gasteiger partial charge in [0.15, 0.2) is 5.78 Å². The SMILES string of the molecule is CC(=O)/C=C/CN(C)CCCN1c2ccccc2CCc2ccc(Cl)cc21.O=CO/C=C\C(=O)O. The summed E-state index contributed by atoms with van der Waals surface area (Å²) in [5.41, 5.74) is 5.26. The largest absolute Gasteiger partial charge is 0.478 e. The molecule has 7 nitrogen and oxygen atoms in total. The van der Waals surface area contributed by atoms with Crippen molar-refractivity contribution < 1.29 is 24.2 Å². The van der Waals surface area contributed by atoms with Crippen molar-refractivity contribution in [3.8, 4) is 0 Å². The van der Waals surface area contributed by atoms with Gasteiger partial charge in [-0.15, -0.1) is 0 Å². The summed E-state index contributed by atoms with van der Waals surface area (Å²) in [4.78, 5) is 34.6. The van der Waals surface area contributed by atoms with E-state index >= 15 is 0 Å². The predicted molar refractivity (Wildman–Crippen MR) is 138 cm³/mol. The molecule has 2 aromatic carbocycles. The number of benzene rings is 2. The van der Waals surface area contributed by atoms with Gasteiger partial charge in [0, 0.05) is 29.5 Å². The number of nitrogens with zero attached hydrogens (tertiary/aromatic N) is 2. The van der Waals surface area contributed by atoms with Crippen LogP contribution in [-0.4, -0.2) is 54.9 Å². The smallest absolute Gasteiger partial charge is 0.331 e. The number of hydrogen-bond donors (Lipinski definition) is 1. The van der Waals surface area contributed by atoms with E-state index in [1.54, 1.807) is 13.0 Å². The highest BCUT2D eigenvalue weighted by atomic mass is 35.5. The first kappa shape index (κ1) is 27.8. The third-order valence-electron chi connectivity index (χ3n) is 5.32. The number of rotatable bonds is 10. The number of likely N-dealkylation sites (N-methyl/N-ethyl adjacent to an activating group) is 1. The lowest BCUT2D eigenvalue weighted by Gasteiger charge is -2.28. The highest BCUT2D eigenvalue weighted by Gasteiger charge is 2.20. The lowest BCUT2D eigenvalue weighted by Crippen LogP contribution is -2.26. The van der Waals surface area contributed by atoms with Crippen LogP contribution in [-0.2, 0) is 32.0 Å². The van der Waals surface area contributed by atoms with Crippen molar-refractivity contribution in [1.82, 2.24) is 4.90 Å². The van der Waals surface area contributed by atoms with Crippen LogP contribution in [0, 0.1) is 0 Å². The second kappa shape index (κ2) is 14.8. The molecule has 0 saturated carbocycles. The van der Waals surface area contributed by atoms with Gasteiger partial charge in [-0.25, -0.2) is 4.79 Å². The topological polar surface area (TPSA) is 87.2 Å². The average molecular weight is 499 g/mol. The number of hydrogen-bond acceptors (Lipinski definition) is 6. The molecule has 186 valence electrons. The van der Waals surface area contributed by atoms with Crippen LogP contribution in [0.3, 0.4) is 0 Å². The van der Waals surface area contributed by atoms with Gasteiger partial charge in [-0.05, 0) is 75.2 Å². The molecule has 0 unspecified atom stereocenters. The van der Waals surface area contributed by atoms with Crippen LogP contribution in [0.5, 0.6) is 0 Å². The quantitative estimate of drug-likeness (QED) is 0.286. The number of aliphatic carboxylic acids is 1.